The van der Waals surface area contributed by atoms with Gasteiger partial charge in [-0.2, -0.15) is 0 Å². The molecule has 6 nitrogen and oxygen atoms in total. The van der Waals surface area contributed by atoms with Gasteiger partial charge in [0.25, 0.3) is 0 Å². The smallest absolute Gasteiger partial charge is 0.162 e. The Morgan fingerprint density at radius 1 is 0.903 bits per heavy atom. The second-order valence-corrected chi connectivity index (χ2v) is 7.12. The molecule has 0 radical (unpaired) electrons. The molecule has 0 saturated heterocycles. The molecule has 0 atom stereocenters. The topological polar surface area (TPSA) is 62.1 Å². The van der Waals surface area contributed by atoms with Crippen LogP contribution in [0.4, 0.5) is 4.39 Å². The molecule has 5 rings (SSSR count). The van der Waals surface area contributed by atoms with Crippen LogP contribution < -0.4 is 9.47 Å². The third kappa shape index (κ3) is 3.34. The molecule has 1 aromatic heterocycles. The highest BCUT2D eigenvalue weighted by atomic mass is 19.1. The van der Waals surface area contributed by atoms with Crippen LogP contribution in [0.2, 0.25) is 0 Å². The van der Waals surface area contributed by atoms with Crippen molar-refractivity contribution in [2.45, 2.75) is 6.54 Å². The molecule has 3 heterocycles. The summed E-state index contributed by atoms with van der Waals surface area (Å²) < 4.78 is 26.6. The van der Waals surface area contributed by atoms with Crippen LogP contribution in [0, 0.1) is 5.82 Å². The van der Waals surface area contributed by atoms with Crippen molar-refractivity contribution in [3.8, 4) is 34.0 Å². The third-order valence-electron chi connectivity index (χ3n) is 5.29. The molecule has 0 fully saturated rings. The average molecular weight is 414 g/mol. The van der Waals surface area contributed by atoms with Crippen LogP contribution in [0.1, 0.15) is 5.69 Å². The Bertz CT molecular complexity index is 1330. The molecule has 0 aliphatic carbocycles. The maximum Gasteiger partial charge on any atom is 0.162 e. The minimum absolute atomic E-state index is 0.292. The van der Waals surface area contributed by atoms with Gasteiger partial charge in [0.15, 0.2) is 11.5 Å². The van der Waals surface area contributed by atoms with Gasteiger partial charge in [0, 0.05) is 35.0 Å². The standard InChI is InChI=1S/C24H19FN4O2/c1-30-21-11-18-20(12-22(21)31-2)29(13-17-5-3-4-10-26-17)14-19-23(27-28-24(18)19)15-6-8-16(25)9-7-15/h3-12,14H,13H2,1-2H3. The minimum atomic E-state index is -0.292. The van der Waals surface area contributed by atoms with Gasteiger partial charge in [0.2, 0.25) is 0 Å². The normalized spacial score (nSPS) is 11.2. The van der Waals surface area contributed by atoms with Gasteiger partial charge >= 0.3 is 0 Å². The Labute approximate surface area is 178 Å². The molecular weight excluding hydrogens is 395 g/mol. The predicted octanol–water partition coefficient (Wildman–Crippen LogP) is 4.80. The lowest BCUT2D eigenvalue weighted by Crippen LogP contribution is -2.06. The van der Waals surface area contributed by atoms with Crippen LogP contribution in [0.25, 0.3) is 33.4 Å². The Balaban J connectivity index is 1.78. The quantitative estimate of drug-likeness (QED) is 0.413. The van der Waals surface area contributed by atoms with Crippen LogP contribution in [-0.4, -0.2) is 34.0 Å². The SMILES string of the molecule is COc1cc2c3nnc(-c4ccc(F)cc4)c-3cn(Cc3ccccn3)c2cc1OC. The molecule has 0 N–H and O–H groups in total. The van der Waals surface area contributed by atoms with E-state index in [1.165, 1.54) is 12.1 Å². The maximum absolute atomic E-state index is 13.4. The number of rotatable bonds is 5. The van der Waals surface area contributed by atoms with Crippen LogP contribution >= 0.6 is 0 Å². The molecule has 0 amide bonds. The number of hydrogen-bond donors (Lipinski definition) is 0. The summed E-state index contributed by atoms with van der Waals surface area (Å²) in [6, 6.07) is 15.9. The lowest BCUT2D eigenvalue weighted by Gasteiger charge is -2.17. The molecule has 0 bridgehead atoms. The lowest BCUT2D eigenvalue weighted by molar-refractivity contribution is 0.355. The maximum atomic E-state index is 13.4. The van der Waals surface area contributed by atoms with Crippen molar-refractivity contribution < 1.29 is 13.9 Å². The van der Waals surface area contributed by atoms with Crippen molar-refractivity contribution in [2.24, 2.45) is 0 Å². The molecule has 7 heteroatoms. The predicted molar refractivity (Wildman–Crippen MR) is 116 cm³/mol. The number of aromatic nitrogens is 4. The first-order valence-corrected chi connectivity index (χ1v) is 9.75. The summed E-state index contributed by atoms with van der Waals surface area (Å²) in [6.45, 7) is 0.552. The molecule has 31 heavy (non-hydrogen) atoms. The molecule has 2 aliphatic rings. The van der Waals surface area contributed by atoms with Gasteiger partial charge in [0.05, 0.1) is 32.0 Å². The second-order valence-electron chi connectivity index (χ2n) is 7.12. The molecule has 0 unspecified atom stereocenters. The van der Waals surface area contributed by atoms with Crippen LogP contribution in [0.5, 0.6) is 11.5 Å². The van der Waals surface area contributed by atoms with E-state index >= 15 is 0 Å². The summed E-state index contributed by atoms with van der Waals surface area (Å²) >= 11 is 0. The van der Waals surface area contributed by atoms with Crippen LogP contribution in [-0.2, 0) is 6.54 Å². The summed E-state index contributed by atoms with van der Waals surface area (Å²) in [7, 11) is 3.21. The van der Waals surface area contributed by atoms with Gasteiger partial charge in [-0.25, -0.2) is 4.39 Å². The van der Waals surface area contributed by atoms with E-state index in [2.05, 4.69) is 19.7 Å². The number of fused-ring (bicyclic) bond motifs is 3. The van der Waals surface area contributed by atoms with Gasteiger partial charge in [0.1, 0.15) is 17.2 Å². The summed E-state index contributed by atoms with van der Waals surface area (Å²) in [5.41, 5.74) is 4.93. The molecule has 154 valence electrons. The zero-order chi connectivity index (χ0) is 21.4. The number of ether oxygens (including phenoxy) is 2. The molecule has 3 aromatic rings. The van der Waals surface area contributed by atoms with Crippen molar-refractivity contribution >= 4 is 10.9 Å². The van der Waals surface area contributed by atoms with E-state index < -0.39 is 0 Å². The largest absolute Gasteiger partial charge is 0.493 e. The Morgan fingerprint density at radius 3 is 2.35 bits per heavy atom. The summed E-state index contributed by atoms with van der Waals surface area (Å²) in [5.74, 6) is 0.945. The van der Waals surface area contributed by atoms with Gasteiger partial charge in [-0.05, 0) is 42.5 Å². The number of nitrogens with zero attached hydrogens (tertiary/aromatic N) is 4. The molecule has 0 spiro atoms. The zero-order valence-corrected chi connectivity index (χ0v) is 17.0. The highest BCUT2D eigenvalue weighted by Gasteiger charge is 2.22. The second kappa shape index (κ2) is 7.68. The Kier molecular flexibility index (Phi) is 4.71. The highest BCUT2D eigenvalue weighted by molar-refractivity contribution is 5.99. The molecule has 2 aliphatic heterocycles. The van der Waals surface area contributed by atoms with E-state index in [1.54, 1.807) is 32.5 Å². The zero-order valence-electron chi connectivity index (χ0n) is 17.0. The summed E-state index contributed by atoms with van der Waals surface area (Å²) in [6.07, 6.45) is 3.78. The van der Waals surface area contributed by atoms with Gasteiger partial charge in [-0.1, -0.05) is 6.07 Å². The molecular formula is C24H19FN4O2. The first-order chi connectivity index (χ1) is 15.2. The fourth-order valence-corrected chi connectivity index (χ4v) is 3.78. The van der Waals surface area contributed by atoms with E-state index in [1.807, 2.05) is 36.5 Å². The van der Waals surface area contributed by atoms with Crippen molar-refractivity contribution in [3.63, 3.8) is 0 Å². The number of benzene rings is 2. The lowest BCUT2D eigenvalue weighted by atomic mass is 10.0. The van der Waals surface area contributed by atoms with Crippen molar-refractivity contribution in [1.82, 2.24) is 19.7 Å². The molecule has 0 saturated carbocycles. The van der Waals surface area contributed by atoms with Crippen LogP contribution in [0.3, 0.4) is 0 Å². The van der Waals surface area contributed by atoms with Gasteiger partial charge in [-0.15, -0.1) is 10.2 Å². The number of hydrogen-bond acceptors (Lipinski definition) is 5. The van der Waals surface area contributed by atoms with Gasteiger partial charge < -0.3 is 14.0 Å². The first-order valence-electron chi connectivity index (χ1n) is 9.75. The first kappa shape index (κ1) is 19.0. The van der Waals surface area contributed by atoms with Crippen molar-refractivity contribution in [2.75, 3.05) is 14.2 Å². The van der Waals surface area contributed by atoms with E-state index in [4.69, 9.17) is 9.47 Å². The summed E-state index contributed by atoms with van der Waals surface area (Å²) in [4.78, 5) is 4.47. The van der Waals surface area contributed by atoms with Crippen molar-refractivity contribution in [1.29, 1.82) is 0 Å². The monoisotopic (exact) mass is 414 g/mol. The average Bonchev–Trinajstić information content (AvgIpc) is 3.23. The third-order valence-corrected chi connectivity index (χ3v) is 5.29. The number of halogens is 1. The van der Waals surface area contributed by atoms with E-state index in [9.17, 15) is 4.39 Å². The summed E-state index contributed by atoms with van der Waals surface area (Å²) in [5, 5.41) is 9.76. The fourth-order valence-electron chi connectivity index (χ4n) is 3.78. The Hall–Kier alpha value is -4.00. The van der Waals surface area contributed by atoms with E-state index in [0.717, 1.165) is 33.4 Å². The van der Waals surface area contributed by atoms with Gasteiger partial charge in [-0.3, -0.25) is 4.98 Å². The molecule has 2 aromatic carbocycles. The number of methoxy groups -OCH3 is 2. The van der Waals surface area contributed by atoms with Crippen molar-refractivity contribution in [3.05, 3.63) is 78.5 Å². The Morgan fingerprint density at radius 2 is 1.65 bits per heavy atom. The van der Waals surface area contributed by atoms with E-state index in [0.29, 0.717) is 23.7 Å². The minimum Gasteiger partial charge on any atom is -0.493 e. The van der Waals surface area contributed by atoms with E-state index in [-0.39, 0.29) is 5.82 Å². The number of pyridine rings is 2. The van der Waals surface area contributed by atoms with Crippen LogP contribution in [0.15, 0.2) is 67.0 Å². The highest BCUT2D eigenvalue weighted by Crippen LogP contribution is 2.40. The fraction of sp³-hybridized carbons (Fsp3) is 0.125.